The van der Waals surface area contributed by atoms with Crippen LogP contribution in [0.4, 0.5) is 0 Å². The molecule has 0 nitrogen and oxygen atoms in total. The van der Waals surface area contributed by atoms with Crippen LogP contribution in [-0.2, 0) is 0 Å². The van der Waals surface area contributed by atoms with Gasteiger partial charge >= 0.3 is 0 Å². The zero-order valence-corrected chi connectivity index (χ0v) is 24.4. The fraction of sp³-hybridized carbons (Fsp3) is 1.00. The molecular formula is C33H62. The molecule has 4 rings (SSSR count). The van der Waals surface area contributed by atoms with Crippen molar-refractivity contribution in [2.45, 2.75) is 146 Å². The van der Waals surface area contributed by atoms with Gasteiger partial charge in [-0.05, 0) is 122 Å². The Balaban J connectivity index is 0.00000149. The zero-order valence-electron chi connectivity index (χ0n) is 24.4. The summed E-state index contributed by atoms with van der Waals surface area (Å²) in [6.45, 7) is 21.8. The second-order valence-corrected chi connectivity index (χ2v) is 14.2. The van der Waals surface area contributed by atoms with E-state index in [9.17, 15) is 0 Å². The lowest BCUT2D eigenvalue weighted by atomic mass is 9.43. The fourth-order valence-corrected chi connectivity index (χ4v) is 10.2. The van der Waals surface area contributed by atoms with Gasteiger partial charge in [0.05, 0.1) is 0 Å². The zero-order chi connectivity index (χ0) is 24.4. The van der Waals surface area contributed by atoms with Gasteiger partial charge in [-0.3, -0.25) is 0 Å². The van der Waals surface area contributed by atoms with E-state index in [1.54, 1.807) is 51.4 Å². The minimum absolute atomic E-state index is 0.665. The normalized spacial score (nSPS) is 43.4. The SMILES string of the molecule is CC.CC[C@H](CCCC(C)C)[C@H]1CCC2C3CCC4CC(C(C)C)CC[C@]4(C)C3CC[C@@]21C. The van der Waals surface area contributed by atoms with Crippen molar-refractivity contribution in [3.8, 4) is 0 Å². The minimum Gasteiger partial charge on any atom is -0.0683 e. The van der Waals surface area contributed by atoms with Gasteiger partial charge < -0.3 is 0 Å². The second kappa shape index (κ2) is 11.4. The van der Waals surface area contributed by atoms with E-state index >= 15 is 0 Å². The van der Waals surface area contributed by atoms with Crippen LogP contribution in [0.5, 0.6) is 0 Å². The molecule has 194 valence electrons. The lowest BCUT2D eigenvalue weighted by Gasteiger charge is -2.62. The van der Waals surface area contributed by atoms with Gasteiger partial charge in [-0.25, -0.2) is 0 Å². The summed E-state index contributed by atoms with van der Waals surface area (Å²) in [4.78, 5) is 0. The van der Waals surface area contributed by atoms with Crippen molar-refractivity contribution in [3.05, 3.63) is 0 Å². The predicted octanol–water partition coefficient (Wildman–Crippen LogP) is 10.8. The van der Waals surface area contributed by atoms with E-state index in [4.69, 9.17) is 0 Å². The Bertz CT molecular complexity index is 589. The largest absolute Gasteiger partial charge is 0.0683 e. The van der Waals surface area contributed by atoms with Crippen molar-refractivity contribution < 1.29 is 0 Å². The molecule has 0 spiro atoms. The molecule has 0 bridgehead atoms. The van der Waals surface area contributed by atoms with E-state index in [2.05, 4.69) is 48.5 Å². The van der Waals surface area contributed by atoms with Crippen LogP contribution in [0.25, 0.3) is 0 Å². The summed E-state index contributed by atoms with van der Waals surface area (Å²) in [5, 5.41) is 0. The average molecular weight is 459 g/mol. The molecule has 9 atom stereocenters. The van der Waals surface area contributed by atoms with Gasteiger partial charge in [-0.1, -0.05) is 88.0 Å². The van der Waals surface area contributed by atoms with E-state index in [-0.39, 0.29) is 0 Å². The highest BCUT2D eigenvalue weighted by Gasteiger charge is 2.60. The van der Waals surface area contributed by atoms with Gasteiger partial charge in [0, 0.05) is 0 Å². The first-order valence-electron chi connectivity index (χ1n) is 15.7. The number of fused-ring (bicyclic) bond motifs is 5. The highest BCUT2D eigenvalue weighted by atomic mass is 14.7. The molecule has 0 heterocycles. The highest BCUT2D eigenvalue weighted by Crippen LogP contribution is 2.69. The topological polar surface area (TPSA) is 0 Å². The molecule has 5 unspecified atom stereocenters. The van der Waals surface area contributed by atoms with Crippen LogP contribution in [0.3, 0.4) is 0 Å². The molecule has 4 aliphatic carbocycles. The molecular weight excluding hydrogens is 396 g/mol. The minimum atomic E-state index is 0.665. The summed E-state index contributed by atoms with van der Waals surface area (Å²) in [5.74, 6) is 9.01. The van der Waals surface area contributed by atoms with Gasteiger partial charge in [0.25, 0.3) is 0 Å². The highest BCUT2D eigenvalue weighted by molar-refractivity contribution is 5.10. The van der Waals surface area contributed by atoms with Crippen molar-refractivity contribution in [1.29, 1.82) is 0 Å². The monoisotopic (exact) mass is 458 g/mol. The third-order valence-electron chi connectivity index (χ3n) is 12.2. The molecule has 0 radical (unpaired) electrons. The Morgan fingerprint density at radius 2 is 1.42 bits per heavy atom. The van der Waals surface area contributed by atoms with E-state index < -0.39 is 0 Å². The van der Waals surface area contributed by atoms with E-state index in [0.29, 0.717) is 10.8 Å². The standard InChI is InChI=1S/C31H56.C2H6/c1-8-23(11-9-10-21(2)3)27-14-15-28-26-13-12-25-20-24(22(4)5)16-18-30(25,6)29(26)17-19-31(27,28)7;1-2/h21-29H,8-20H2,1-7H3;1-2H3/t23-,24?,25?,26?,27-,28?,29?,30+,31-;/m1./s1. The second-order valence-electron chi connectivity index (χ2n) is 14.2. The maximum Gasteiger partial charge on any atom is -0.0264 e. The van der Waals surface area contributed by atoms with Crippen LogP contribution in [0, 0.1) is 64.1 Å². The van der Waals surface area contributed by atoms with Crippen molar-refractivity contribution in [3.63, 3.8) is 0 Å². The summed E-state index contributed by atoms with van der Waals surface area (Å²) in [5.41, 5.74) is 1.34. The first-order chi connectivity index (χ1) is 15.7. The molecule has 4 saturated carbocycles. The van der Waals surface area contributed by atoms with Crippen LogP contribution in [0.15, 0.2) is 0 Å². The smallest absolute Gasteiger partial charge is 0.0264 e. The molecule has 33 heavy (non-hydrogen) atoms. The van der Waals surface area contributed by atoms with Crippen LogP contribution in [0.1, 0.15) is 146 Å². The van der Waals surface area contributed by atoms with E-state index in [0.717, 1.165) is 53.3 Å². The molecule has 0 heteroatoms. The van der Waals surface area contributed by atoms with Crippen LogP contribution < -0.4 is 0 Å². The lowest BCUT2D eigenvalue weighted by Crippen LogP contribution is -2.54. The Kier molecular flexibility index (Phi) is 9.51. The van der Waals surface area contributed by atoms with Gasteiger partial charge in [0.1, 0.15) is 0 Å². The van der Waals surface area contributed by atoms with Crippen molar-refractivity contribution in [2.24, 2.45) is 64.1 Å². The van der Waals surface area contributed by atoms with Crippen LogP contribution >= 0.6 is 0 Å². The predicted molar refractivity (Wildman–Crippen MR) is 147 cm³/mol. The number of hydrogen-bond acceptors (Lipinski definition) is 0. The number of hydrogen-bond donors (Lipinski definition) is 0. The van der Waals surface area contributed by atoms with Crippen molar-refractivity contribution >= 4 is 0 Å². The third-order valence-corrected chi connectivity index (χ3v) is 12.2. The summed E-state index contributed by atoms with van der Waals surface area (Å²) in [7, 11) is 0. The first kappa shape index (κ1) is 27.6. The summed E-state index contributed by atoms with van der Waals surface area (Å²) < 4.78 is 0. The van der Waals surface area contributed by atoms with Gasteiger partial charge in [-0.2, -0.15) is 0 Å². The Morgan fingerprint density at radius 3 is 2.06 bits per heavy atom. The van der Waals surface area contributed by atoms with Crippen molar-refractivity contribution in [2.75, 3.05) is 0 Å². The van der Waals surface area contributed by atoms with Gasteiger partial charge in [-0.15, -0.1) is 0 Å². The molecule has 0 aromatic rings. The molecule has 4 aliphatic rings. The Morgan fingerprint density at radius 1 is 0.758 bits per heavy atom. The molecule has 0 amide bonds. The van der Waals surface area contributed by atoms with Gasteiger partial charge in [0.2, 0.25) is 0 Å². The van der Waals surface area contributed by atoms with Gasteiger partial charge in [0.15, 0.2) is 0 Å². The maximum atomic E-state index is 2.78. The van der Waals surface area contributed by atoms with Crippen LogP contribution in [0.2, 0.25) is 0 Å². The van der Waals surface area contributed by atoms with E-state index in [1.165, 1.54) is 32.1 Å². The molecule has 0 aromatic carbocycles. The molecule has 4 fully saturated rings. The molecule has 0 aliphatic heterocycles. The lowest BCUT2D eigenvalue weighted by molar-refractivity contribution is -0.124. The first-order valence-corrected chi connectivity index (χ1v) is 15.7. The van der Waals surface area contributed by atoms with E-state index in [1.807, 2.05) is 13.8 Å². The van der Waals surface area contributed by atoms with Crippen LogP contribution in [-0.4, -0.2) is 0 Å². The maximum absolute atomic E-state index is 2.78. The Labute approximate surface area is 209 Å². The Hall–Kier alpha value is 0. The quantitative estimate of drug-likeness (QED) is 0.356. The average Bonchev–Trinajstić information content (AvgIpc) is 3.14. The fourth-order valence-electron chi connectivity index (χ4n) is 10.2. The molecule has 0 aromatic heterocycles. The number of rotatable bonds is 7. The molecule has 0 N–H and O–H groups in total. The molecule has 0 saturated heterocycles. The summed E-state index contributed by atoms with van der Waals surface area (Å²) in [6.07, 6.45) is 19.8. The summed E-state index contributed by atoms with van der Waals surface area (Å²) >= 11 is 0. The third kappa shape index (κ3) is 5.26. The van der Waals surface area contributed by atoms with Crippen molar-refractivity contribution in [1.82, 2.24) is 0 Å². The summed E-state index contributed by atoms with van der Waals surface area (Å²) in [6, 6.07) is 0.